The highest BCUT2D eigenvalue weighted by atomic mass is 79.9. The average Bonchev–Trinajstić information content (AvgIpc) is 1.55. The number of para-hydroxylation sites is 3. The van der Waals surface area contributed by atoms with Crippen LogP contribution in [0.2, 0.25) is 0 Å². The Morgan fingerprint density at radius 1 is 0.214 bits per heavy atom. The van der Waals surface area contributed by atoms with Gasteiger partial charge in [0, 0.05) is 69.1 Å². The number of fused-ring (bicyclic) bond motifs is 20. The first-order valence-corrected chi connectivity index (χ1v) is 40.2. The van der Waals surface area contributed by atoms with Gasteiger partial charge >= 0.3 is 0 Å². The number of nitrogens with two attached hydrogens (primary N) is 1. The first-order chi connectivity index (χ1) is 54.7. The van der Waals surface area contributed by atoms with Crippen LogP contribution in [0, 0.1) is 13.8 Å². The van der Waals surface area contributed by atoms with Crippen LogP contribution in [0.1, 0.15) is 55.6 Å². The molecule has 0 unspecified atom stereocenters. The Balaban J connectivity index is 0.000000165. The van der Waals surface area contributed by atoms with Gasteiger partial charge < -0.3 is 41.2 Å². The lowest BCUT2D eigenvalue weighted by Crippen LogP contribution is -2.26. The third-order valence-electron chi connectivity index (χ3n) is 21.2. The van der Waals surface area contributed by atoms with Gasteiger partial charge in [-0.25, -0.2) is 0 Å². The van der Waals surface area contributed by atoms with E-state index < -0.39 is 5.41 Å². The number of hydrogen-bond donors (Lipinski definition) is 5. The van der Waals surface area contributed by atoms with Gasteiger partial charge in [0.05, 0.1) is 10.8 Å². The molecule has 12 heteroatoms. The molecular formula is C100H71Br4N5O3. The van der Waals surface area contributed by atoms with E-state index in [9.17, 15) is 0 Å². The van der Waals surface area contributed by atoms with E-state index in [4.69, 9.17) is 19.9 Å². The zero-order valence-electron chi connectivity index (χ0n) is 60.9. The maximum Gasteiger partial charge on any atom is 0.127 e. The Morgan fingerprint density at radius 3 is 0.661 bits per heavy atom. The molecule has 542 valence electrons. The third kappa shape index (κ3) is 13.8. The second-order valence-corrected chi connectivity index (χ2v) is 32.1. The van der Waals surface area contributed by atoms with Gasteiger partial charge in [-0.2, -0.15) is 0 Å². The number of aryl methyl sites for hydroxylation is 2. The number of halogens is 4. The van der Waals surface area contributed by atoms with E-state index in [1.165, 1.54) is 100 Å². The van der Waals surface area contributed by atoms with Crippen molar-refractivity contribution in [3.63, 3.8) is 0 Å². The second-order valence-electron chi connectivity index (χ2n) is 28.4. The monoisotopic (exact) mass is 1710 g/mol. The molecule has 0 aromatic heterocycles. The quantitative estimate of drug-likeness (QED) is 0.0687. The highest BCUT2D eigenvalue weighted by molar-refractivity contribution is 9.11. The molecule has 0 fully saturated rings. The van der Waals surface area contributed by atoms with Crippen molar-refractivity contribution >= 4 is 115 Å². The number of rotatable bonds is 14. The van der Waals surface area contributed by atoms with Gasteiger partial charge in [-0.15, -0.1) is 0 Å². The minimum atomic E-state index is -0.693. The molecule has 0 bridgehead atoms. The molecule has 16 aromatic rings. The second kappa shape index (κ2) is 30.3. The van der Waals surface area contributed by atoms with E-state index >= 15 is 0 Å². The van der Waals surface area contributed by atoms with E-state index in [1.54, 1.807) is 0 Å². The summed E-state index contributed by atoms with van der Waals surface area (Å²) in [4.78, 5) is 0. The summed E-state index contributed by atoms with van der Waals surface area (Å²) in [5.74, 6) is 4.79. The lowest BCUT2D eigenvalue weighted by atomic mass is 9.70. The van der Waals surface area contributed by atoms with Gasteiger partial charge in [0.1, 0.15) is 34.5 Å². The topological polar surface area (TPSA) is 102 Å². The van der Waals surface area contributed by atoms with Crippen LogP contribution in [0.25, 0.3) is 44.5 Å². The van der Waals surface area contributed by atoms with E-state index in [0.717, 1.165) is 104 Å². The SMILES string of the molecule is Brc1ccc2c(c1)C1(c3cc(Br)ccc3-2)c2cc(Br)ccc2-c2ccc(Br)cc21.Cc1ccc(Nc2ccc3c(c2)C2(c4cc(Nc5ccc(C)cc5)ccc4-c4ccc(Nc5ccc(Oc6ccccc6)cc5)cc42)c2cc(Nc4ccc(Oc5ccccc5)cc4)ccc2-3)cc1.Nc1ccc(Oc2ccccc2)cc1. The lowest BCUT2D eigenvalue weighted by molar-refractivity contribution is 0.482. The maximum absolute atomic E-state index is 6.14. The van der Waals surface area contributed by atoms with Crippen LogP contribution in [0.4, 0.5) is 51.2 Å². The molecule has 0 atom stereocenters. The van der Waals surface area contributed by atoms with Crippen LogP contribution in [0.3, 0.4) is 0 Å². The molecule has 0 saturated heterocycles. The molecule has 0 saturated carbocycles. The van der Waals surface area contributed by atoms with Crippen molar-refractivity contribution < 1.29 is 14.2 Å². The van der Waals surface area contributed by atoms with E-state index in [0.29, 0.717) is 0 Å². The van der Waals surface area contributed by atoms with Gasteiger partial charge in [0.25, 0.3) is 0 Å². The zero-order valence-corrected chi connectivity index (χ0v) is 67.2. The summed E-state index contributed by atoms with van der Waals surface area (Å²) in [6.45, 7) is 4.24. The number of ether oxygens (including phenoxy) is 3. The van der Waals surface area contributed by atoms with Crippen LogP contribution in [0.15, 0.2) is 376 Å². The predicted octanol–water partition coefficient (Wildman–Crippen LogP) is 29.3. The minimum absolute atomic E-state index is 0.337. The van der Waals surface area contributed by atoms with Gasteiger partial charge in [0.15, 0.2) is 0 Å². The molecule has 0 heterocycles. The predicted molar refractivity (Wildman–Crippen MR) is 475 cm³/mol. The highest BCUT2D eigenvalue weighted by Gasteiger charge is 2.54. The number of hydrogen-bond acceptors (Lipinski definition) is 8. The van der Waals surface area contributed by atoms with Gasteiger partial charge in [-0.1, -0.05) is 202 Å². The minimum Gasteiger partial charge on any atom is -0.457 e. The van der Waals surface area contributed by atoms with Crippen LogP contribution >= 0.6 is 63.7 Å². The average molecular weight is 1710 g/mol. The molecule has 0 amide bonds. The smallest absolute Gasteiger partial charge is 0.127 e. The van der Waals surface area contributed by atoms with Gasteiger partial charge in [-0.05, 0) is 333 Å². The zero-order chi connectivity index (χ0) is 76.0. The van der Waals surface area contributed by atoms with Crippen molar-refractivity contribution in [3.8, 4) is 79.0 Å². The molecule has 0 radical (unpaired) electrons. The van der Waals surface area contributed by atoms with E-state index in [2.05, 4.69) is 317 Å². The highest BCUT2D eigenvalue weighted by Crippen LogP contribution is 2.66. The van der Waals surface area contributed by atoms with Gasteiger partial charge in [-0.3, -0.25) is 0 Å². The van der Waals surface area contributed by atoms with E-state index in [-0.39, 0.29) is 5.41 Å². The summed E-state index contributed by atoms with van der Waals surface area (Å²) in [6, 6.07) is 124. The van der Waals surface area contributed by atoms with Crippen LogP contribution in [0.5, 0.6) is 34.5 Å². The number of anilines is 9. The summed E-state index contributed by atoms with van der Waals surface area (Å²) in [6.07, 6.45) is 0. The molecule has 20 rings (SSSR count). The Hall–Kier alpha value is -12.2. The molecular weight excluding hydrogens is 1640 g/mol. The summed E-state index contributed by atoms with van der Waals surface area (Å²) < 4.78 is 22.3. The first-order valence-electron chi connectivity index (χ1n) is 37.0. The molecule has 6 N–H and O–H groups in total. The lowest BCUT2D eigenvalue weighted by Gasteiger charge is -2.32. The Labute approximate surface area is 685 Å². The van der Waals surface area contributed by atoms with Crippen LogP contribution in [-0.2, 0) is 10.8 Å². The molecule has 4 aliphatic carbocycles. The fourth-order valence-corrected chi connectivity index (χ4v) is 17.7. The summed E-state index contributed by atoms with van der Waals surface area (Å²) in [7, 11) is 0. The number of nitrogens with one attached hydrogen (secondary N) is 4. The third-order valence-corrected chi connectivity index (χ3v) is 23.2. The van der Waals surface area contributed by atoms with E-state index in [1.807, 2.05) is 140 Å². The van der Waals surface area contributed by atoms with Crippen molar-refractivity contribution in [2.75, 3.05) is 27.0 Å². The molecule has 4 aliphatic rings. The summed E-state index contributed by atoms with van der Waals surface area (Å²) in [5.41, 5.74) is 36.0. The fraction of sp³-hybridized carbons (Fsp3) is 0.0400. The summed E-state index contributed by atoms with van der Waals surface area (Å²) in [5, 5.41) is 15.0. The molecule has 2 spiro atoms. The van der Waals surface area contributed by atoms with Gasteiger partial charge in [0.2, 0.25) is 0 Å². The molecule has 0 aliphatic heterocycles. The van der Waals surface area contributed by atoms with Crippen molar-refractivity contribution in [1.29, 1.82) is 0 Å². The Kier molecular flexibility index (Phi) is 19.3. The standard InChI is InChI=1S/C63H48N4O2.C25H12Br4.C12H11NO/c1-41-13-17-43(18-14-41)64-47-25-33-55-57-35-27-49(66-45-21-29-53(30-22-45)68-51-9-5-3-6-10-51)39-61(57)63(59(55)37-47)60-38-48(65-44-19-15-42(2)16-20-44)26-34-56(60)58-36-28-50(40-62(58)63)67-46-23-31-54(32-24-46)69-52-11-7-4-8-12-52;26-13-1-5-17-18-6-2-14(27)10-22(18)25(21(17)9-13)23-11-15(28)3-7-19(23)20-8-4-16(29)12-24(20)25;13-10-6-8-12(9-7-10)14-11-4-2-1-3-5-11/h3-40,64-67H,1-2H3;1-12H;1-9H,13H2. The van der Waals surface area contributed by atoms with Crippen molar-refractivity contribution in [1.82, 2.24) is 0 Å². The molecule has 112 heavy (non-hydrogen) atoms. The first kappa shape index (κ1) is 71.4. The molecule has 16 aromatic carbocycles. The van der Waals surface area contributed by atoms with Crippen molar-refractivity contribution in [3.05, 3.63) is 431 Å². The van der Waals surface area contributed by atoms with Crippen molar-refractivity contribution in [2.24, 2.45) is 0 Å². The Morgan fingerprint density at radius 2 is 0.411 bits per heavy atom. The number of nitrogen functional groups attached to an aromatic ring is 1. The molecule has 8 nitrogen and oxygen atoms in total. The maximum atomic E-state index is 6.14. The summed E-state index contributed by atoms with van der Waals surface area (Å²) >= 11 is 14.9. The van der Waals surface area contributed by atoms with Crippen LogP contribution in [-0.4, -0.2) is 0 Å². The Bertz CT molecular complexity index is 5780. The normalized spacial score (nSPS) is 12.6. The fourth-order valence-electron chi connectivity index (χ4n) is 16.2. The number of benzene rings is 16. The van der Waals surface area contributed by atoms with Crippen LogP contribution < -0.4 is 41.2 Å². The van der Waals surface area contributed by atoms with Crippen molar-refractivity contribution in [2.45, 2.75) is 24.7 Å². The largest absolute Gasteiger partial charge is 0.457 e.